The molecule has 0 radical (unpaired) electrons. The third-order valence-electron chi connectivity index (χ3n) is 2.52. The van der Waals surface area contributed by atoms with Gasteiger partial charge in [0, 0.05) is 33.7 Å². The van der Waals surface area contributed by atoms with E-state index in [9.17, 15) is 0 Å². The molecule has 2 aromatic carbocycles. The van der Waals surface area contributed by atoms with E-state index in [1.54, 1.807) is 0 Å². The Balaban J connectivity index is 2.17. The van der Waals surface area contributed by atoms with Crippen molar-refractivity contribution in [2.24, 2.45) is 0 Å². The summed E-state index contributed by atoms with van der Waals surface area (Å²) in [4.78, 5) is 0. The quantitative estimate of drug-likeness (QED) is 0.794. The van der Waals surface area contributed by atoms with Crippen molar-refractivity contribution < 1.29 is 4.74 Å². The lowest BCUT2D eigenvalue weighted by Crippen LogP contribution is -1.98. The van der Waals surface area contributed by atoms with Gasteiger partial charge in [0.1, 0.15) is 5.75 Å². The fourth-order valence-electron chi connectivity index (χ4n) is 1.73. The molecule has 0 heterocycles. The minimum atomic E-state index is 0.686. The molecule has 0 saturated heterocycles. The highest BCUT2D eigenvalue weighted by Gasteiger charge is 2.01. The van der Waals surface area contributed by atoms with Crippen LogP contribution in [0.4, 0.5) is 17.1 Å². The minimum absolute atomic E-state index is 0.686. The molecule has 0 spiro atoms. The van der Waals surface area contributed by atoms with E-state index in [0.29, 0.717) is 12.3 Å². The predicted molar refractivity (Wildman–Crippen MR) is 84.1 cm³/mol. The monoisotopic (exact) mass is 320 g/mol. The van der Waals surface area contributed by atoms with Crippen molar-refractivity contribution in [3.05, 3.63) is 46.9 Å². The number of hydrogen-bond donors (Lipinski definition) is 2. The standard InChI is InChI=1S/C15H17BrN2O/c1-2-6-19-15-9-12(17)8-14(10-15)18-13-5-3-4-11(16)7-13/h3-5,7-10,18H,2,6,17H2,1H3. The molecule has 0 amide bonds. The third-order valence-corrected chi connectivity index (χ3v) is 3.01. The number of ether oxygens (including phenoxy) is 1. The van der Waals surface area contributed by atoms with Gasteiger partial charge in [-0.25, -0.2) is 0 Å². The van der Waals surface area contributed by atoms with E-state index < -0.39 is 0 Å². The first-order chi connectivity index (χ1) is 9.17. The normalized spacial score (nSPS) is 10.2. The Hall–Kier alpha value is -1.68. The summed E-state index contributed by atoms with van der Waals surface area (Å²) in [6.45, 7) is 2.77. The van der Waals surface area contributed by atoms with Crippen LogP contribution in [0, 0.1) is 0 Å². The molecule has 2 aromatic rings. The maximum atomic E-state index is 5.89. The summed E-state index contributed by atoms with van der Waals surface area (Å²) in [6.07, 6.45) is 0.975. The van der Waals surface area contributed by atoms with Gasteiger partial charge in [-0.05, 0) is 30.7 Å². The highest BCUT2D eigenvalue weighted by Crippen LogP contribution is 2.26. The average Bonchev–Trinajstić information content (AvgIpc) is 2.35. The zero-order chi connectivity index (χ0) is 13.7. The fraction of sp³-hybridized carbons (Fsp3) is 0.200. The van der Waals surface area contributed by atoms with Crippen LogP contribution in [0.15, 0.2) is 46.9 Å². The largest absolute Gasteiger partial charge is 0.493 e. The lowest BCUT2D eigenvalue weighted by molar-refractivity contribution is 0.318. The van der Waals surface area contributed by atoms with E-state index in [1.807, 2.05) is 42.5 Å². The Morgan fingerprint density at radius 2 is 2.00 bits per heavy atom. The van der Waals surface area contributed by atoms with Crippen LogP contribution in [-0.2, 0) is 0 Å². The fourth-order valence-corrected chi connectivity index (χ4v) is 2.13. The van der Waals surface area contributed by atoms with Crippen LogP contribution in [0.5, 0.6) is 5.75 Å². The topological polar surface area (TPSA) is 47.3 Å². The van der Waals surface area contributed by atoms with Gasteiger partial charge in [0.2, 0.25) is 0 Å². The van der Waals surface area contributed by atoms with E-state index in [2.05, 4.69) is 28.2 Å². The van der Waals surface area contributed by atoms with Crippen LogP contribution < -0.4 is 15.8 Å². The summed E-state index contributed by atoms with van der Waals surface area (Å²) < 4.78 is 6.64. The maximum absolute atomic E-state index is 5.89. The van der Waals surface area contributed by atoms with Crippen molar-refractivity contribution in [2.75, 3.05) is 17.7 Å². The molecule has 0 aromatic heterocycles. The lowest BCUT2D eigenvalue weighted by atomic mass is 10.2. The summed E-state index contributed by atoms with van der Waals surface area (Å²) in [5, 5.41) is 3.31. The van der Waals surface area contributed by atoms with Crippen LogP contribution >= 0.6 is 15.9 Å². The second-order valence-electron chi connectivity index (χ2n) is 4.27. The Morgan fingerprint density at radius 3 is 2.74 bits per heavy atom. The van der Waals surface area contributed by atoms with Crippen molar-refractivity contribution in [3.63, 3.8) is 0 Å². The first-order valence-electron chi connectivity index (χ1n) is 6.23. The Bertz CT molecular complexity index is 558. The number of nitrogen functional groups attached to an aromatic ring is 1. The summed E-state index contributed by atoms with van der Waals surface area (Å²) in [7, 11) is 0. The van der Waals surface area contributed by atoms with E-state index in [1.165, 1.54) is 0 Å². The summed E-state index contributed by atoms with van der Waals surface area (Å²) in [5.41, 5.74) is 8.49. The zero-order valence-corrected chi connectivity index (χ0v) is 12.4. The average molecular weight is 321 g/mol. The molecule has 3 nitrogen and oxygen atoms in total. The van der Waals surface area contributed by atoms with E-state index in [4.69, 9.17) is 10.5 Å². The first kappa shape index (κ1) is 13.7. The smallest absolute Gasteiger partial charge is 0.123 e. The van der Waals surface area contributed by atoms with Crippen molar-refractivity contribution in [1.82, 2.24) is 0 Å². The number of anilines is 3. The predicted octanol–water partition coefficient (Wildman–Crippen LogP) is 4.56. The molecule has 0 atom stereocenters. The number of rotatable bonds is 5. The second-order valence-corrected chi connectivity index (χ2v) is 5.19. The van der Waals surface area contributed by atoms with E-state index >= 15 is 0 Å². The Kier molecular flexibility index (Phi) is 4.68. The van der Waals surface area contributed by atoms with Crippen molar-refractivity contribution in [3.8, 4) is 5.75 Å². The van der Waals surface area contributed by atoms with Gasteiger partial charge < -0.3 is 15.8 Å². The summed E-state index contributed by atoms with van der Waals surface area (Å²) in [6, 6.07) is 13.7. The van der Waals surface area contributed by atoms with Crippen molar-refractivity contribution >= 4 is 33.0 Å². The molecule has 0 aliphatic carbocycles. The molecule has 0 unspecified atom stereocenters. The van der Waals surface area contributed by atoms with E-state index in [-0.39, 0.29) is 0 Å². The van der Waals surface area contributed by atoms with E-state index in [0.717, 1.165) is 28.0 Å². The number of halogens is 1. The molecule has 0 saturated carbocycles. The van der Waals surface area contributed by atoms with Gasteiger partial charge >= 0.3 is 0 Å². The van der Waals surface area contributed by atoms with Gasteiger partial charge in [0.05, 0.1) is 6.61 Å². The highest BCUT2D eigenvalue weighted by molar-refractivity contribution is 9.10. The van der Waals surface area contributed by atoms with Crippen LogP contribution in [0.2, 0.25) is 0 Å². The van der Waals surface area contributed by atoms with Gasteiger partial charge in [-0.1, -0.05) is 28.9 Å². The summed E-state index contributed by atoms with van der Waals surface area (Å²) in [5.74, 6) is 0.791. The molecular formula is C15H17BrN2O. The zero-order valence-electron chi connectivity index (χ0n) is 10.8. The molecule has 0 aliphatic heterocycles. The molecule has 2 rings (SSSR count). The van der Waals surface area contributed by atoms with Gasteiger partial charge in [-0.2, -0.15) is 0 Å². The van der Waals surface area contributed by atoms with Gasteiger partial charge in [-0.3, -0.25) is 0 Å². The number of nitrogens with one attached hydrogen (secondary N) is 1. The minimum Gasteiger partial charge on any atom is -0.493 e. The van der Waals surface area contributed by atoms with Crippen LogP contribution in [-0.4, -0.2) is 6.61 Å². The van der Waals surface area contributed by atoms with Crippen LogP contribution in [0.3, 0.4) is 0 Å². The van der Waals surface area contributed by atoms with Crippen LogP contribution in [0.25, 0.3) is 0 Å². The van der Waals surface area contributed by atoms with Crippen molar-refractivity contribution in [1.29, 1.82) is 0 Å². The molecule has 100 valence electrons. The molecule has 4 heteroatoms. The first-order valence-corrected chi connectivity index (χ1v) is 7.02. The molecule has 3 N–H and O–H groups in total. The number of benzene rings is 2. The molecule has 0 aliphatic rings. The van der Waals surface area contributed by atoms with Crippen molar-refractivity contribution in [2.45, 2.75) is 13.3 Å². The molecule has 0 bridgehead atoms. The SMILES string of the molecule is CCCOc1cc(N)cc(Nc2cccc(Br)c2)c1. The molecule has 0 fully saturated rings. The van der Waals surface area contributed by atoms with Gasteiger partial charge in [0.15, 0.2) is 0 Å². The summed E-state index contributed by atoms with van der Waals surface area (Å²) >= 11 is 3.45. The lowest BCUT2D eigenvalue weighted by Gasteiger charge is -2.11. The van der Waals surface area contributed by atoms with Gasteiger partial charge in [0.25, 0.3) is 0 Å². The highest BCUT2D eigenvalue weighted by atomic mass is 79.9. The Morgan fingerprint density at radius 1 is 1.16 bits per heavy atom. The number of hydrogen-bond acceptors (Lipinski definition) is 3. The Labute approximate surface area is 121 Å². The molecular weight excluding hydrogens is 304 g/mol. The van der Waals surface area contributed by atoms with Gasteiger partial charge in [-0.15, -0.1) is 0 Å². The third kappa shape index (κ3) is 4.17. The second kappa shape index (κ2) is 6.48. The number of nitrogens with two attached hydrogens (primary N) is 1. The van der Waals surface area contributed by atoms with Crippen LogP contribution in [0.1, 0.15) is 13.3 Å². The molecule has 19 heavy (non-hydrogen) atoms. The maximum Gasteiger partial charge on any atom is 0.123 e.